The van der Waals surface area contributed by atoms with Gasteiger partial charge in [-0.15, -0.1) is 0 Å². The van der Waals surface area contributed by atoms with Crippen LogP contribution in [0, 0.1) is 0 Å². The second-order valence-corrected chi connectivity index (χ2v) is 7.72. The number of halogens is 2. The van der Waals surface area contributed by atoms with Crippen molar-refractivity contribution < 1.29 is 22.3 Å². The Morgan fingerprint density at radius 3 is 2.50 bits per heavy atom. The topological polar surface area (TPSA) is 108 Å². The molecular weight excluding hydrogens is 413 g/mol. The highest BCUT2D eigenvalue weighted by molar-refractivity contribution is 7.93. The molecule has 0 fully saturated rings. The van der Waals surface area contributed by atoms with Gasteiger partial charge in [-0.3, -0.25) is 4.39 Å². The number of hydrogen-bond donors (Lipinski definition) is 1. The van der Waals surface area contributed by atoms with E-state index in [0.717, 1.165) is 0 Å². The third-order valence-corrected chi connectivity index (χ3v) is 5.41. The summed E-state index contributed by atoms with van der Waals surface area (Å²) in [6.07, 6.45) is 3.19. The lowest BCUT2D eigenvalue weighted by molar-refractivity contribution is 0.360. The van der Waals surface area contributed by atoms with E-state index >= 15 is 0 Å². The summed E-state index contributed by atoms with van der Waals surface area (Å²) in [5.74, 6) is -0.0414. The molecule has 0 aromatic carbocycles. The summed E-state index contributed by atoms with van der Waals surface area (Å²) in [6.45, 7) is -0.528. The minimum absolute atomic E-state index is 0.0767. The van der Waals surface area contributed by atoms with Gasteiger partial charge in [0.1, 0.15) is 4.90 Å². The smallest absolute Gasteiger partial charge is 0.267 e. The van der Waals surface area contributed by atoms with Gasteiger partial charge >= 0.3 is 0 Å². The summed E-state index contributed by atoms with van der Waals surface area (Å²) in [4.78, 5) is 8.06. The van der Waals surface area contributed by atoms with Crippen molar-refractivity contribution in [2.75, 3.05) is 25.6 Å². The number of sulfonamides is 1. The van der Waals surface area contributed by atoms with E-state index in [9.17, 15) is 12.8 Å². The Hall–Kier alpha value is -2.66. The fraction of sp³-hybridized carbons (Fsp3) is 0.312. The SMILES string of the molecule is COc1nc(NS(=O)(=O)c2cnn3cc(Cl)ccc23)nc(OC)c1CCCF. The Labute approximate surface area is 165 Å². The molecule has 3 heterocycles. The first-order valence-corrected chi connectivity index (χ1v) is 9.96. The van der Waals surface area contributed by atoms with Crippen LogP contribution in [-0.4, -0.2) is 48.9 Å². The number of anilines is 1. The minimum Gasteiger partial charge on any atom is -0.481 e. The maximum Gasteiger partial charge on any atom is 0.267 e. The fourth-order valence-electron chi connectivity index (χ4n) is 2.60. The van der Waals surface area contributed by atoms with Gasteiger partial charge in [-0.2, -0.15) is 15.1 Å². The lowest BCUT2D eigenvalue weighted by Crippen LogP contribution is -2.16. The van der Waals surface area contributed by atoms with Gasteiger partial charge in [-0.25, -0.2) is 17.7 Å². The van der Waals surface area contributed by atoms with Gasteiger partial charge in [0.2, 0.25) is 17.7 Å². The predicted octanol–water partition coefficient (Wildman–Crippen LogP) is 2.50. The van der Waals surface area contributed by atoms with E-state index in [0.29, 0.717) is 16.1 Å². The summed E-state index contributed by atoms with van der Waals surface area (Å²) in [5, 5.41) is 4.40. The van der Waals surface area contributed by atoms with Gasteiger partial charge in [-0.1, -0.05) is 11.6 Å². The van der Waals surface area contributed by atoms with Crippen LogP contribution >= 0.6 is 11.6 Å². The second kappa shape index (κ2) is 8.15. The van der Waals surface area contributed by atoms with Crippen molar-refractivity contribution in [3.05, 3.63) is 35.1 Å². The zero-order valence-electron chi connectivity index (χ0n) is 15.0. The molecule has 0 aliphatic carbocycles. The molecule has 0 bridgehead atoms. The van der Waals surface area contributed by atoms with Crippen molar-refractivity contribution in [1.29, 1.82) is 0 Å². The van der Waals surface area contributed by atoms with Crippen LogP contribution < -0.4 is 14.2 Å². The lowest BCUT2D eigenvalue weighted by Gasteiger charge is -2.13. The van der Waals surface area contributed by atoms with Crippen LogP contribution in [0.25, 0.3) is 5.52 Å². The minimum atomic E-state index is -4.06. The van der Waals surface area contributed by atoms with Gasteiger partial charge in [0.05, 0.1) is 43.2 Å². The van der Waals surface area contributed by atoms with Crippen LogP contribution in [0.2, 0.25) is 5.02 Å². The van der Waals surface area contributed by atoms with Crippen LogP contribution in [0.5, 0.6) is 11.8 Å². The number of ether oxygens (including phenoxy) is 2. The number of rotatable bonds is 8. The molecule has 1 N–H and O–H groups in total. The van der Waals surface area contributed by atoms with Crippen LogP contribution in [0.4, 0.5) is 10.3 Å². The maximum absolute atomic E-state index is 12.8. The van der Waals surface area contributed by atoms with Gasteiger partial charge in [-0.05, 0) is 25.0 Å². The molecule has 9 nitrogen and oxygen atoms in total. The van der Waals surface area contributed by atoms with Crippen molar-refractivity contribution in [3.63, 3.8) is 0 Å². The number of fused-ring (bicyclic) bond motifs is 1. The summed E-state index contributed by atoms with van der Waals surface area (Å²) in [5.41, 5.74) is 0.784. The van der Waals surface area contributed by atoms with Crippen molar-refractivity contribution in [2.45, 2.75) is 17.7 Å². The number of aromatic nitrogens is 4. The number of alkyl halides is 1. The second-order valence-electron chi connectivity index (χ2n) is 5.63. The molecule has 0 radical (unpaired) electrons. The highest BCUT2D eigenvalue weighted by Crippen LogP contribution is 2.29. The number of pyridine rings is 1. The summed E-state index contributed by atoms with van der Waals surface area (Å²) in [7, 11) is -1.32. The molecule has 3 aromatic rings. The maximum atomic E-state index is 12.8. The molecule has 3 rings (SSSR count). The first-order chi connectivity index (χ1) is 13.4. The Kier molecular flexibility index (Phi) is 5.84. The third kappa shape index (κ3) is 3.94. The summed E-state index contributed by atoms with van der Waals surface area (Å²) in [6, 6.07) is 3.09. The van der Waals surface area contributed by atoms with Crippen LogP contribution in [0.3, 0.4) is 0 Å². The Balaban J connectivity index is 1.99. The van der Waals surface area contributed by atoms with E-state index < -0.39 is 16.7 Å². The van der Waals surface area contributed by atoms with Gasteiger partial charge < -0.3 is 9.47 Å². The molecular formula is C16H17ClFN5O4S. The Bertz CT molecular complexity index is 1080. The average molecular weight is 430 g/mol. The first-order valence-electron chi connectivity index (χ1n) is 8.10. The zero-order chi connectivity index (χ0) is 20.3. The molecule has 0 spiro atoms. The lowest BCUT2D eigenvalue weighted by atomic mass is 10.2. The molecule has 0 saturated carbocycles. The van der Waals surface area contributed by atoms with E-state index in [1.165, 1.54) is 37.2 Å². The van der Waals surface area contributed by atoms with E-state index in [2.05, 4.69) is 19.8 Å². The summed E-state index contributed by atoms with van der Waals surface area (Å²) < 4.78 is 52.2. The largest absolute Gasteiger partial charge is 0.481 e. The predicted molar refractivity (Wildman–Crippen MR) is 100 cm³/mol. The summed E-state index contributed by atoms with van der Waals surface area (Å²) >= 11 is 5.89. The van der Waals surface area contributed by atoms with Crippen molar-refractivity contribution in [2.24, 2.45) is 0 Å². The molecule has 12 heteroatoms. The molecule has 150 valence electrons. The fourth-order valence-corrected chi connectivity index (χ4v) is 3.82. The number of nitrogens with zero attached hydrogens (tertiary/aromatic N) is 4. The van der Waals surface area contributed by atoms with Crippen LogP contribution in [0.1, 0.15) is 12.0 Å². The average Bonchev–Trinajstić information content (AvgIpc) is 3.09. The highest BCUT2D eigenvalue weighted by Gasteiger charge is 2.23. The molecule has 0 aliphatic rings. The third-order valence-electron chi connectivity index (χ3n) is 3.84. The highest BCUT2D eigenvalue weighted by atomic mass is 35.5. The normalized spacial score (nSPS) is 11.6. The quantitative estimate of drug-likeness (QED) is 0.586. The molecule has 0 atom stereocenters. The monoisotopic (exact) mass is 429 g/mol. The molecule has 0 amide bonds. The molecule has 3 aromatic heterocycles. The van der Waals surface area contributed by atoms with Gasteiger partial charge in [0.25, 0.3) is 10.0 Å². The molecule has 0 saturated heterocycles. The van der Waals surface area contributed by atoms with Crippen LogP contribution in [0.15, 0.2) is 29.4 Å². The van der Waals surface area contributed by atoms with Crippen LogP contribution in [-0.2, 0) is 16.4 Å². The van der Waals surface area contributed by atoms with E-state index in [-0.39, 0.29) is 35.4 Å². The number of nitrogens with one attached hydrogen (secondary N) is 1. The van der Waals surface area contributed by atoms with Crippen molar-refractivity contribution in [1.82, 2.24) is 19.6 Å². The molecule has 0 aliphatic heterocycles. The van der Waals surface area contributed by atoms with Crippen molar-refractivity contribution >= 4 is 33.1 Å². The Morgan fingerprint density at radius 1 is 1.21 bits per heavy atom. The van der Waals surface area contributed by atoms with E-state index in [1.807, 2.05) is 0 Å². The van der Waals surface area contributed by atoms with E-state index in [4.69, 9.17) is 21.1 Å². The number of hydrogen-bond acceptors (Lipinski definition) is 7. The molecule has 0 unspecified atom stereocenters. The molecule has 28 heavy (non-hydrogen) atoms. The van der Waals surface area contributed by atoms with Gasteiger partial charge in [0, 0.05) is 6.20 Å². The standard InChI is InChI=1S/C16H17ClFN5O4S/c1-26-14-11(4-3-7-18)15(27-2)21-16(20-14)22-28(24,25)13-8-19-23-9-10(17)5-6-12(13)23/h5-6,8-9H,3-4,7H2,1-2H3,(H,20,21,22). The first kappa shape index (κ1) is 20.1. The van der Waals surface area contributed by atoms with Gasteiger partial charge in [0.15, 0.2) is 0 Å². The Morgan fingerprint density at radius 2 is 1.89 bits per heavy atom. The van der Waals surface area contributed by atoms with E-state index in [1.54, 1.807) is 6.07 Å². The van der Waals surface area contributed by atoms with Crippen molar-refractivity contribution in [3.8, 4) is 11.8 Å². The zero-order valence-corrected chi connectivity index (χ0v) is 16.6. The number of methoxy groups -OCH3 is 2.